The lowest BCUT2D eigenvalue weighted by Gasteiger charge is -2.42. The number of carbonyl (C=O) groups excluding carboxylic acids is 1. The molecule has 0 amide bonds. The number of hydrogen-bond acceptors (Lipinski definition) is 2. The van der Waals surface area contributed by atoms with Gasteiger partial charge in [-0.2, -0.15) is 0 Å². The summed E-state index contributed by atoms with van der Waals surface area (Å²) >= 11 is 0. The highest BCUT2D eigenvalue weighted by Crippen LogP contribution is 2.48. The highest BCUT2D eigenvalue weighted by atomic mass is 16.3. The summed E-state index contributed by atoms with van der Waals surface area (Å²) in [6, 6.07) is 5.66. The molecule has 0 bridgehead atoms. The van der Waals surface area contributed by atoms with Crippen molar-refractivity contribution in [3.8, 4) is 5.75 Å². The average Bonchev–Trinajstić information content (AvgIpc) is 2.31. The Morgan fingerprint density at radius 1 is 1.33 bits per heavy atom. The van der Waals surface area contributed by atoms with E-state index in [-0.39, 0.29) is 17.1 Å². The highest BCUT2D eigenvalue weighted by Gasteiger charge is 2.41. The lowest BCUT2D eigenvalue weighted by atomic mass is 9.61. The van der Waals surface area contributed by atoms with Gasteiger partial charge in [0.25, 0.3) is 0 Å². The third kappa shape index (κ3) is 1.52. The Morgan fingerprint density at radius 3 is 2.89 bits per heavy atom. The molecule has 2 aliphatic rings. The second kappa shape index (κ2) is 3.71. The maximum Gasteiger partial charge on any atom is 0.158 e. The van der Waals surface area contributed by atoms with Gasteiger partial charge in [0.2, 0.25) is 0 Å². The van der Waals surface area contributed by atoms with Crippen LogP contribution in [0.1, 0.15) is 37.8 Å². The van der Waals surface area contributed by atoms with Crippen molar-refractivity contribution in [1.29, 1.82) is 0 Å². The molecule has 0 spiro atoms. The molecule has 0 heterocycles. The zero-order valence-corrected chi connectivity index (χ0v) is 10.9. The van der Waals surface area contributed by atoms with Crippen LogP contribution in [0.25, 0.3) is 0 Å². The lowest BCUT2D eigenvalue weighted by Crippen LogP contribution is -2.37. The SMILES string of the molecule is CC1CC2(C)C(=CC1=O)CCc1cc(O)ccc12. The molecule has 1 aromatic rings. The van der Waals surface area contributed by atoms with Crippen molar-refractivity contribution in [2.45, 2.75) is 38.5 Å². The molecular formula is C16H18O2. The first-order valence-electron chi connectivity index (χ1n) is 6.58. The number of fused-ring (bicyclic) bond motifs is 3. The molecule has 0 aromatic heterocycles. The van der Waals surface area contributed by atoms with Crippen molar-refractivity contribution in [1.82, 2.24) is 0 Å². The second-order valence-electron chi connectivity index (χ2n) is 5.85. The van der Waals surface area contributed by atoms with Crippen LogP contribution in [0.3, 0.4) is 0 Å². The van der Waals surface area contributed by atoms with Crippen molar-refractivity contribution < 1.29 is 9.90 Å². The molecule has 2 unspecified atom stereocenters. The van der Waals surface area contributed by atoms with Gasteiger partial charge in [-0.15, -0.1) is 0 Å². The fraction of sp³-hybridized carbons (Fsp3) is 0.438. The Morgan fingerprint density at radius 2 is 2.11 bits per heavy atom. The summed E-state index contributed by atoms with van der Waals surface area (Å²) in [5.74, 6) is 0.702. The summed E-state index contributed by atoms with van der Waals surface area (Å²) in [6.45, 7) is 4.24. The van der Waals surface area contributed by atoms with E-state index in [1.54, 1.807) is 6.07 Å². The highest BCUT2D eigenvalue weighted by molar-refractivity contribution is 5.94. The average molecular weight is 242 g/mol. The van der Waals surface area contributed by atoms with Crippen LogP contribution in [0.4, 0.5) is 0 Å². The molecule has 3 rings (SSSR count). The zero-order chi connectivity index (χ0) is 12.9. The summed E-state index contributed by atoms with van der Waals surface area (Å²) in [5, 5.41) is 9.59. The first-order valence-corrected chi connectivity index (χ1v) is 6.58. The predicted molar refractivity (Wildman–Crippen MR) is 70.7 cm³/mol. The normalized spacial score (nSPS) is 30.4. The molecule has 0 saturated heterocycles. The molecule has 94 valence electrons. The fourth-order valence-electron chi connectivity index (χ4n) is 3.54. The molecule has 2 heteroatoms. The minimum Gasteiger partial charge on any atom is -0.508 e. The van der Waals surface area contributed by atoms with E-state index in [4.69, 9.17) is 0 Å². The Bertz CT molecular complexity index is 556. The molecule has 2 atom stereocenters. The van der Waals surface area contributed by atoms with Crippen LogP contribution in [0.15, 0.2) is 29.8 Å². The number of phenolic OH excluding ortho intramolecular Hbond substituents is 1. The van der Waals surface area contributed by atoms with Crippen LogP contribution in [-0.2, 0) is 16.6 Å². The van der Waals surface area contributed by atoms with Gasteiger partial charge in [0.1, 0.15) is 5.75 Å². The summed E-state index contributed by atoms with van der Waals surface area (Å²) in [4.78, 5) is 11.8. The number of aromatic hydroxyl groups is 1. The van der Waals surface area contributed by atoms with E-state index >= 15 is 0 Å². The molecule has 0 saturated carbocycles. The van der Waals surface area contributed by atoms with E-state index in [2.05, 4.69) is 6.92 Å². The van der Waals surface area contributed by atoms with E-state index in [1.165, 1.54) is 16.7 Å². The Hall–Kier alpha value is -1.57. The predicted octanol–water partition coefficient (Wildman–Crippen LogP) is 3.13. The van der Waals surface area contributed by atoms with Crippen molar-refractivity contribution >= 4 is 5.78 Å². The number of phenols is 1. The van der Waals surface area contributed by atoms with Crippen LogP contribution >= 0.6 is 0 Å². The quantitative estimate of drug-likeness (QED) is 0.759. The van der Waals surface area contributed by atoms with Crippen molar-refractivity contribution in [2.24, 2.45) is 5.92 Å². The molecule has 1 aromatic carbocycles. The van der Waals surface area contributed by atoms with Crippen molar-refractivity contribution in [3.05, 3.63) is 41.0 Å². The monoisotopic (exact) mass is 242 g/mol. The summed E-state index contributed by atoms with van der Waals surface area (Å²) in [5.41, 5.74) is 3.77. The Balaban J connectivity index is 2.17. The van der Waals surface area contributed by atoms with Gasteiger partial charge in [-0.05, 0) is 48.6 Å². The number of benzene rings is 1. The van der Waals surface area contributed by atoms with Gasteiger partial charge in [-0.3, -0.25) is 4.79 Å². The maximum atomic E-state index is 11.8. The number of allylic oxidation sites excluding steroid dienone is 2. The molecule has 1 N–H and O–H groups in total. The van der Waals surface area contributed by atoms with Crippen LogP contribution in [0.2, 0.25) is 0 Å². The lowest BCUT2D eigenvalue weighted by molar-refractivity contribution is -0.118. The summed E-state index contributed by atoms with van der Waals surface area (Å²) < 4.78 is 0. The van der Waals surface area contributed by atoms with E-state index in [1.807, 2.05) is 25.1 Å². The standard InChI is InChI=1S/C16H18O2/c1-10-9-16(2)12(8-15(10)18)4-3-11-7-13(17)5-6-14(11)16/h5-8,10,17H,3-4,9H2,1-2H3. The van der Waals surface area contributed by atoms with E-state index < -0.39 is 0 Å². The van der Waals surface area contributed by atoms with Gasteiger partial charge in [0, 0.05) is 11.3 Å². The smallest absolute Gasteiger partial charge is 0.158 e. The minimum absolute atomic E-state index is 0.0192. The van der Waals surface area contributed by atoms with Crippen molar-refractivity contribution in [3.63, 3.8) is 0 Å². The van der Waals surface area contributed by atoms with E-state index in [9.17, 15) is 9.90 Å². The Labute approximate surface area is 107 Å². The Kier molecular flexibility index (Phi) is 2.37. The van der Waals surface area contributed by atoms with Crippen LogP contribution in [0, 0.1) is 5.92 Å². The number of aryl methyl sites for hydroxylation is 1. The third-order valence-corrected chi connectivity index (χ3v) is 4.57. The van der Waals surface area contributed by atoms with Gasteiger partial charge < -0.3 is 5.11 Å². The van der Waals surface area contributed by atoms with Gasteiger partial charge in [-0.1, -0.05) is 25.5 Å². The summed E-state index contributed by atoms with van der Waals surface area (Å²) in [6.07, 6.45) is 4.61. The number of hydrogen-bond donors (Lipinski definition) is 1. The third-order valence-electron chi connectivity index (χ3n) is 4.57. The topological polar surface area (TPSA) is 37.3 Å². The van der Waals surface area contributed by atoms with Gasteiger partial charge in [0.15, 0.2) is 5.78 Å². The van der Waals surface area contributed by atoms with Crippen LogP contribution in [-0.4, -0.2) is 10.9 Å². The first kappa shape index (κ1) is 11.5. The number of carbonyl (C=O) groups is 1. The molecular weight excluding hydrogens is 224 g/mol. The zero-order valence-electron chi connectivity index (χ0n) is 10.9. The van der Waals surface area contributed by atoms with Gasteiger partial charge >= 0.3 is 0 Å². The number of ketones is 1. The first-order chi connectivity index (χ1) is 8.50. The largest absolute Gasteiger partial charge is 0.508 e. The minimum atomic E-state index is -0.0192. The van der Waals surface area contributed by atoms with Crippen molar-refractivity contribution in [2.75, 3.05) is 0 Å². The second-order valence-corrected chi connectivity index (χ2v) is 5.85. The molecule has 2 aliphatic carbocycles. The van der Waals surface area contributed by atoms with Crippen LogP contribution in [0.5, 0.6) is 5.75 Å². The maximum absolute atomic E-state index is 11.8. The molecule has 2 nitrogen and oxygen atoms in total. The van der Waals surface area contributed by atoms with Gasteiger partial charge in [-0.25, -0.2) is 0 Å². The summed E-state index contributed by atoms with van der Waals surface area (Å²) in [7, 11) is 0. The van der Waals surface area contributed by atoms with E-state index in [0.29, 0.717) is 5.75 Å². The number of rotatable bonds is 0. The fourth-order valence-corrected chi connectivity index (χ4v) is 3.54. The van der Waals surface area contributed by atoms with E-state index in [0.717, 1.165) is 19.3 Å². The van der Waals surface area contributed by atoms with Crippen LogP contribution < -0.4 is 0 Å². The molecule has 0 radical (unpaired) electrons. The van der Waals surface area contributed by atoms with Gasteiger partial charge in [0.05, 0.1) is 0 Å². The molecule has 0 aliphatic heterocycles. The molecule has 0 fully saturated rings. The molecule has 18 heavy (non-hydrogen) atoms.